The molecule has 6 nitrogen and oxygen atoms in total. The van der Waals surface area contributed by atoms with E-state index in [1.165, 1.54) is 4.90 Å². The van der Waals surface area contributed by atoms with E-state index in [1.54, 1.807) is 43.3 Å². The fourth-order valence-electron chi connectivity index (χ4n) is 3.29. The lowest BCUT2D eigenvalue weighted by Crippen LogP contribution is -2.36. The van der Waals surface area contributed by atoms with E-state index in [-0.39, 0.29) is 31.5 Å². The Labute approximate surface area is 174 Å². The molecule has 152 valence electrons. The number of aliphatic hydroxyl groups excluding tert-OH is 1. The zero-order valence-corrected chi connectivity index (χ0v) is 17.1. The molecule has 0 unspecified atom stereocenters. The molecule has 29 heavy (non-hydrogen) atoms. The van der Waals surface area contributed by atoms with Crippen LogP contribution in [0, 0.1) is 0 Å². The molecule has 0 aliphatic carbocycles. The highest BCUT2D eigenvalue weighted by Crippen LogP contribution is 2.31. The van der Waals surface area contributed by atoms with Crippen LogP contribution in [0.4, 0.5) is 0 Å². The van der Waals surface area contributed by atoms with E-state index >= 15 is 0 Å². The van der Waals surface area contributed by atoms with E-state index < -0.39 is 0 Å². The minimum absolute atomic E-state index is 0.124. The molecule has 0 saturated heterocycles. The van der Waals surface area contributed by atoms with E-state index in [2.05, 4.69) is 0 Å². The number of carbonyl (C=O) groups excluding carboxylic acids is 2. The van der Waals surface area contributed by atoms with Crippen molar-refractivity contribution in [3.05, 3.63) is 70.4 Å². The smallest absolute Gasteiger partial charge is 0.277 e. The van der Waals surface area contributed by atoms with E-state index in [1.807, 2.05) is 24.3 Å². The zero-order valence-electron chi connectivity index (χ0n) is 16.4. The summed E-state index contributed by atoms with van der Waals surface area (Å²) in [5, 5.41) is 9.85. The monoisotopic (exact) mass is 414 g/mol. The first-order valence-electron chi connectivity index (χ1n) is 9.27. The predicted octanol–water partition coefficient (Wildman–Crippen LogP) is 2.60. The van der Waals surface area contributed by atoms with Crippen molar-refractivity contribution in [3.63, 3.8) is 0 Å². The number of methoxy groups -OCH3 is 1. The van der Waals surface area contributed by atoms with Crippen molar-refractivity contribution in [3.8, 4) is 5.75 Å². The second kappa shape index (κ2) is 9.11. The van der Waals surface area contributed by atoms with Gasteiger partial charge < -0.3 is 14.7 Å². The van der Waals surface area contributed by atoms with E-state index in [4.69, 9.17) is 16.3 Å². The van der Waals surface area contributed by atoms with Crippen molar-refractivity contribution in [2.45, 2.75) is 6.42 Å². The Hall–Kier alpha value is -2.83. The van der Waals surface area contributed by atoms with Crippen LogP contribution in [0.2, 0.25) is 5.02 Å². The van der Waals surface area contributed by atoms with Crippen LogP contribution in [0.5, 0.6) is 5.75 Å². The first-order chi connectivity index (χ1) is 14.0. The van der Waals surface area contributed by atoms with Crippen LogP contribution in [0.15, 0.2) is 54.2 Å². The molecule has 0 bridgehead atoms. The van der Waals surface area contributed by atoms with Crippen molar-refractivity contribution < 1.29 is 19.4 Å². The fraction of sp³-hybridized carbons (Fsp3) is 0.273. The molecule has 2 amide bonds. The van der Waals surface area contributed by atoms with Crippen molar-refractivity contribution in [1.29, 1.82) is 0 Å². The average Bonchev–Trinajstić information content (AvgIpc) is 2.97. The van der Waals surface area contributed by atoms with Gasteiger partial charge in [-0.25, -0.2) is 0 Å². The van der Waals surface area contributed by atoms with E-state index in [0.717, 1.165) is 11.3 Å². The van der Waals surface area contributed by atoms with Gasteiger partial charge in [0.2, 0.25) is 0 Å². The lowest BCUT2D eigenvalue weighted by atomic mass is 10.0. The van der Waals surface area contributed by atoms with Crippen LogP contribution in [0.25, 0.3) is 5.57 Å². The topological polar surface area (TPSA) is 70.1 Å². The highest BCUT2D eigenvalue weighted by Gasteiger charge is 2.40. The van der Waals surface area contributed by atoms with Crippen molar-refractivity contribution in [2.75, 3.05) is 33.9 Å². The molecule has 2 aromatic carbocycles. The van der Waals surface area contributed by atoms with Gasteiger partial charge in [-0.3, -0.25) is 14.5 Å². The molecule has 0 spiro atoms. The van der Waals surface area contributed by atoms with Crippen LogP contribution in [0.1, 0.15) is 11.1 Å². The number of amides is 2. The molecule has 1 N–H and O–H groups in total. The Balaban J connectivity index is 1.86. The fourth-order valence-corrected chi connectivity index (χ4v) is 3.42. The van der Waals surface area contributed by atoms with Crippen LogP contribution in [-0.4, -0.2) is 60.6 Å². The van der Waals surface area contributed by atoms with Crippen LogP contribution in [0.3, 0.4) is 0 Å². The quantitative estimate of drug-likeness (QED) is 0.672. The number of halogens is 1. The molecule has 0 aromatic heterocycles. The SMILES string of the molecule is COc1ccc(CCN2C(=O)C(c3ccc(Cl)cc3)=C(N(C)CCO)C2=O)cc1. The standard InChI is InChI=1S/C22H23ClN2O4/c1-24(13-14-26)20-19(16-5-7-17(23)8-6-16)21(27)25(22(20)28)12-11-15-3-9-18(29-2)10-4-15/h3-10,26H,11-14H2,1-2H3. The normalized spacial score (nSPS) is 14.0. The number of rotatable bonds is 8. The van der Waals surface area contributed by atoms with Gasteiger partial charge in [-0.15, -0.1) is 0 Å². The summed E-state index contributed by atoms with van der Waals surface area (Å²) in [5.74, 6) is 0.0525. The zero-order chi connectivity index (χ0) is 21.0. The molecule has 3 rings (SSSR count). The second-order valence-electron chi connectivity index (χ2n) is 6.74. The van der Waals surface area contributed by atoms with Crippen molar-refractivity contribution in [2.24, 2.45) is 0 Å². The van der Waals surface area contributed by atoms with Crippen molar-refractivity contribution in [1.82, 2.24) is 9.80 Å². The first kappa shape index (κ1) is 20.9. The number of hydrogen-bond donors (Lipinski definition) is 1. The Morgan fingerprint density at radius 1 is 1.03 bits per heavy atom. The summed E-state index contributed by atoms with van der Waals surface area (Å²) in [6.07, 6.45) is 0.534. The van der Waals surface area contributed by atoms with Gasteiger partial charge in [0.15, 0.2) is 0 Å². The van der Waals surface area contributed by atoms with E-state index in [9.17, 15) is 14.7 Å². The molecular weight excluding hydrogens is 392 g/mol. The maximum atomic E-state index is 13.1. The molecule has 0 fully saturated rings. The third-order valence-corrected chi connectivity index (χ3v) is 5.13. The summed E-state index contributed by atoms with van der Waals surface area (Å²) in [6.45, 7) is 0.385. The molecule has 1 aliphatic heterocycles. The number of ether oxygens (including phenoxy) is 1. The van der Waals surface area contributed by atoms with Gasteiger partial charge in [-0.05, 0) is 41.8 Å². The van der Waals surface area contributed by atoms with Gasteiger partial charge in [0.1, 0.15) is 11.4 Å². The van der Waals surface area contributed by atoms with Gasteiger partial charge in [-0.1, -0.05) is 35.9 Å². The number of hydrogen-bond acceptors (Lipinski definition) is 5. The first-order valence-corrected chi connectivity index (χ1v) is 9.65. The molecule has 1 heterocycles. The third-order valence-electron chi connectivity index (χ3n) is 4.88. The van der Waals surface area contributed by atoms with Gasteiger partial charge in [0, 0.05) is 25.2 Å². The Bertz CT molecular complexity index is 923. The molecule has 0 saturated carbocycles. The summed E-state index contributed by atoms with van der Waals surface area (Å²) in [4.78, 5) is 29.1. The highest BCUT2D eigenvalue weighted by molar-refractivity contribution is 6.36. The number of likely N-dealkylation sites (N-methyl/N-ethyl adjacent to an activating group) is 1. The summed E-state index contributed by atoms with van der Waals surface area (Å²) in [5.41, 5.74) is 2.24. The molecule has 0 radical (unpaired) electrons. The molecule has 1 aliphatic rings. The number of nitrogens with zero attached hydrogens (tertiary/aromatic N) is 2. The molecule has 2 aromatic rings. The summed E-state index contributed by atoms with van der Waals surface area (Å²) in [6, 6.07) is 14.3. The summed E-state index contributed by atoms with van der Waals surface area (Å²) in [7, 11) is 3.30. The minimum atomic E-state index is -0.357. The Morgan fingerprint density at radius 3 is 2.28 bits per heavy atom. The summed E-state index contributed by atoms with van der Waals surface area (Å²) >= 11 is 5.97. The van der Waals surface area contributed by atoms with Crippen molar-refractivity contribution >= 4 is 29.0 Å². The number of carbonyl (C=O) groups is 2. The lowest BCUT2D eigenvalue weighted by Gasteiger charge is -2.20. The van der Waals surface area contributed by atoms with Crippen LogP contribution in [-0.2, 0) is 16.0 Å². The van der Waals surface area contributed by atoms with Gasteiger partial charge in [-0.2, -0.15) is 0 Å². The van der Waals surface area contributed by atoms with Gasteiger partial charge in [0.25, 0.3) is 11.8 Å². The van der Waals surface area contributed by atoms with Crippen LogP contribution < -0.4 is 4.74 Å². The number of aliphatic hydroxyl groups is 1. The Kier molecular flexibility index (Phi) is 6.56. The Morgan fingerprint density at radius 2 is 1.69 bits per heavy atom. The lowest BCUT2D eigenvalue weighted by molar-refractivity contribution is -0.137. The van der Waals surface area contributed by atoms with E-state index in [0.29, 0.717) is 28.3 Å². The number of imide groups is 1. The second-order valence-corrected chi connectivity index (χ2v) is 7.17. The maximum Gasteiger partial charge on any atom is 0.277 e. The molecule has 0 atom stereocenters. The molecule has 7 heteroatoms. The average molecular weight is 415 g/mol. The van der Waals surface area contributed by atoms with Gasteiger partial charge >= 0.3 is 0 Å². The third kappa shape index (κ3) is 4.44. The number of benzene rings is 2. The molecular formula is C22H23ClN2O4. The highest BCUT2D eigenvalue weighted by atomic mass is 35.5. The predicted molar refractivity (Wildman–Crippen MR) is 112 cm³/mol. The van der Waals surface area contributed by atoms with Crippen LogP contribution >= 0.6 is 11.6 Å². The summed E-state index contributed by atoms with van der Waals surface area (Å²) < 4.78 is 5.16. The minimum Gasteiger partial charge on any atom is -0.497 e. The van der Waals surface area contributed by atoms with Gasteiger partial charge in [0.05, 0.1) is 19.3 Å². The largest absolute Gasteiger partial charge is 0.497 e. The maximum absolute atomic E-state index is 13.1.